The minimum absolute atomic E-state index is 0.0120. The third kappa shape index (κ3) is 4.69. The first-order chi connectivity index (χ1) is 21.2. The zero-order valence-corrected chi connectivity index (χ0v) is 29.5. The van der Waals surface area contributed by atoms with E-state index < -0.39 is 5.97 Å². The molecule has 0 aromatic carbocycles. The molecule has 256 valence electrons. The van der Waals surface area contributed by atoms with Crippen LogP contribution in [0.15, 0.2) is 11.6 Å². The van der Waals surface area contributed by atoms with Gasteiger partial charge in [-0.25, -0.2) is 0 Å². The SMILES string of the molecule is CNC1(CO[C@H]2[C@H](NN)C[C@@]34COC[C@]2(C)[C@@H]3CC[C@H]2C4=CC[C@@]3(C)[C@H](C(=O)O)[C@@](C)([C@H](C)C(C)C)CC[C@]23C)CCOCC1. The molecule has 0 aromatic rings. The highest BCUT2D eigenvalue weighted by Crippen LogP contribution is 2.74. The summed E-state index contributed by atoms with van der Waals surface area (Å²) in [6.07, 6.45) is 10.3. The number of hydrogen-bond donors (Lipinski definition) is 4. The minimum atomic E-state index is -0.607. The van der Waals surface area contributed by atoms with Crippen LogP contribution >= 0.6 is 0 Å². The van der Waals surface area contributed by atoms with Gasteiger partial charge in [-0.1, -0.05) is 60.1 Å². The molecule has 0 unspecified atom stereocenters. The summed E-state index contributed by atoms with van der Waals surface area (Å²) in [5.74, 6) is 6.99. The molecule has 0 radical (unpaired) electrons. The number of hydrogen-bond acceptors (Lipinski definition) is 7. The van der Waals surface area contributed by atoms with Gasteiger partial charge in [0.2, 0.25) is 0 Å². The molecule has 6 aliphatic rings. The highest BCUT2D eigenvalue weighted by Gasteiger charge is 2.71. The van der Waals surface area contributed by atoms with Crippen LogP contribution in [0.2, 0.25) is 0 Å². The lowest BCUT2D eigenvalue weighted by molar-refractivity contribution is -0.247. The first-order valence-electron chi connectivity index (χ1n) is 18.0. The Kier molecular flexibility index (Phi) is 8.69. The number of nitrogens with two attached hydrogens (primary N) is 1. The first kappa shape index (κ1) is 33.9. The number of carboxylic acid groups (broad SMARTS) is 1. The number of hydrazine groups is 1. The molecule has 2 aliphatic heterocycles. The van der Waals surface area contributed by atoms with Crippen molar-refractivity contribution in [2.24, 2.45) is 62.5 Å². The molecule has 2 saturated heterocycles. The molecule has 5 fully saturated rings. The third-order valence-electron chi connectivity index (χ3n) is 15.8. The molecule has 8 nitrogen and oxygen atoms in total. The van der Waals surface area contributed by atoms with Crippen LogP contribution in [-0.4, -0.2) is 68.8 Å². The van der Waals surface area contributed by atoms with Crippen LogP contribution in [-0.2, 0) is 19.0 Å². The van der Waals surface area contributed by atoms with E-state index in [9.17, 15) is 9.90 Å². The molecular formula is C37H63N3O5. The van der Waals surface area contributed by atoms with Crippen molar-refractivity contribution in [1.82, 2.24) is 10.7 Å². The lowest BCUT2D eigenvalue weighted by Crippen LogP contribution is -2.72. The van der Waals surface area contributed by atoms with Crippen molar-refractivity contribution in [3.05, 3.63) is 11.6 Å². The number of rotatable bonds is 8. The number of carbonyl (C=O) groups is 1. The van der Waals surface area contributed by atoms with Crippen LogP contribution in [0.5, 0.6) is 0 Å². The second kappa shape index (κ2) is 11.5. The number of likely N-dealkylation sites (N-methyl/N-ethyl adjacent to an activating group) is 1. The monoisotopic (exact) mass is 629 g/mol. The van der Waals surface area contributed by atoms with E-state index in [0.717, 1.165) is 71.2 Å². The van der Waals surface area contributed by atoms with E-state index in [0.29, 0.717) is 36.9 Å². The lowest BCUT2D eigenvalue weighted by Gasteiger charge is -2.71. The van der Waals surface area contributed by atoms with E-state index in [-0.39, 0.29) is 50.7 Å². The molecule has 4 aliphatic carbocycles. The van der Waals surface area contributed by atoms with Gasteiger partial charge in [0.05, 0.1) is 31.8 Å². The van der Waals surface area contributed by atoms with Crippen molar-refractivity contribution in [2.75, 3.05) is 40.1 Å². The van der Waals surface area contributed by atoms with Gasteiger partial charge in [-0.05, 0) is 98.3 Å². The molecule has 5 N–H and O–H groups in total. The average molecular weight is 630 g/mol. The molecule has 8 heteroatoms. The van der Waals surface area contributed by atoms with Crippen molar-refractivity contribution in [1.29, 1.82) is 0 Å². The van der Waals surface area contributed by atoms with Gasteiger partial charge < -0.3 is 24.6 Å². The second-order valence-corrected chi connectivity index (χ2v) is 17.7. The van der Waals surface area contributed by atoms with E-state index in [1.165, 1.54) is 0 Å². The van der Waals surface area contributed by atoms with E-state index >= 15 is 0 Å². The lowest BCUT2D eigenvalue weighted by atomic mass is 9.34. The molecule has 2 heterocycles. The maximum absolute atomic E-state index is 13.4. The fourth-order valence-corrected chi connectivity index (χ4v) is 12.6. The molecule has 11 atom stereocenters. The summed E-state index contributed by atoms with van der Waals surface area (Å²) in [6, 6.07) is 0.0120. The smallest absolute Gasteiger partial charge is 0.307 e. The van der Waals surface area contributed by atoms with Gasteiger partial charge in [0.15, 0.2) is 0 Å². The molecule has 6 rings (SSSR count). The largest absolute Gasteiger partial charge is 0.481 e. The second-order valence-electron chi connectivity index (χ2n) is 17.7. The molecule has 3 saturated carbocycles. The standard InChI is InChI=1S/C37H63N3O5/c1-23(2)24(3)32(4)13-14-34(6)25-9-10-28-33(5)20-44-22-37(28,26(25)11-12-35(34,7)29(32)31(41)42)19-27(40-38)30(33)45-21-36(39-8)15-17-43-18-16-36/h11,23-25,27-30,39-40H,9-10,12-22,38H2,1-8H3,(H,41,42)/t24-,25+,27-,28+,29-,30+,32-,33-,34-,35+,37+/m1/s1. The Morgan fingerprint density at radius 2 is 1.76 bits per heavy atom. The van der Waals surface area contributed by atoms with Crippen LogP contribution in [0, 0.1) is 56.7 Å². The highest BCUT2D eigenvalue weighted by molar-refractivity contribution is 5.73. The molecule has 0 amide bonds. The van der Waals surface area contributed by atoms with Crippen molar-refractivity contribution in [2.45, 2.75) is 118 Å². The summed E-state index contributed by atoms with van der Waals surface area (Å²) >= 11 is 0. The van der Waals surface area contributed by atoms with E-state index in [1.807, 2.05) is 7.05 Å². The van der Waals surface area contributed by atoms with Gasteiger partial charge in [-0.3, -0.25) is 16.1 Å². The Morgan fingerprint density at radius 1 is 1.04 bits per heavy atom. The third-order valence-corrected chi connectivity index (χ3v) is 15.8. The van der Waals surface area contributed by atoms with Gasteiger partial charge in [-0.2, -0.15) is 0 Å². The zero-order chi connectivity index (χ0) is 32.6. The fraction of sp³-hybridized carbons (Fsp3) is 0.919. The predicted molar refractivity (Wildman–Crippen MR) is 176 cm³/mol. The summed E-state index contributed by atoms with van der Waals surface area (Å²) in [5.41, 5.74) is 3.78. The molecule has 45 heavy (non-hydrogen) atoms. The summed E-state index contributed by atoms with van der Waals surface area (Å²) < 4.78 is 19.3. The minimum Gasteiger partial charge on any atom is -0.481 e. The summed E-state index contributed by atoms with van der Waals surface area (Å²) in [5, 5.41) is 14.5. The van der Waals surface area contributed by atoms with E-state index in [2.05, 4.69) is 65.3 Å². The molecule has 2 bridgehead atoms. The van der Waals surface area contributed by atoms with Gasteiger partial charge in [0, 0.05) is 35.6 Å². The van der Waals surface area contributed by atoms with Gasteiger partial charge in [0.1, 0.15) is 0 Å². The van der Waals surface area contributed by atoms with Crippen molar-refractivity contribution >= 4 is 5.97 Å². The van der Waals surface area contributed by atoms with Crippen LogP contribution in [0.25, 0.3) is 0 Å². The van der Waals surface area contributed by atoms with Gasteiger partial charge in [-0.15, -0.1) is 0 Å². The number of aliphatic carboxylic acids is 1. The van der Waals surface area contributed by atoms with Crippen LogP contribution in [0.3, 0.4) is 0 Å². The Balaban J connectivity index is 1.36. The zero-order valence-electron chi connectivity index (χ0n) is 29.5. The fourth-order valence-electron chi connectivity index (χ4n) is 12.6. The van der Waals surface area contributed by atoms with Crippen LogP contribution in [0.4, 0.5) is 0 Å². The Hall–Kier alpha value is -1.03. The van der Waals surface area contributed by atoms with Gasteiger partial charge in [0.25, 0.3) is 0 Å². The molecular weight excluding hydrogens is 566 g/mol. The predicted octanol–water partition coefficient (Wildman–Crippen LogP) is 5.56. The average Bonchev–Trinajstić information content (AvgIpc) is 3.00. The summed E-state index contributed by atoms with van der Waals surface area (Å²) in [4.78, 5) is 13.4. The quantitative estimate of drug-likeness (QED) is 0.157. The number of allylic oxidation sites excluding steroid dienone is 1. The Morgan fingerprint density at radius 3 is 2.38 bits per heavy atom. The van der Waals surface area contributed by atoms with Gasteiger partial charge >= 0.3 is 5.97 Å². The maximum Gasteiger partial charge on any atom is 0.307 e. The highest BCUT2D eigenvalue weighted by atomic mass is 16.5. The number of ether oxygens (including phenoxy) is 3. The first-order valence-corrected chi connectivity index (χ1v) is 18.0. The van der Waals surface area contributed by atoms with Crippen LogP contribution < -0.4 is 16.6 Å². The van der Waals surface area contributed by atoms with Crippen molar-refractivity contribution in [3.63, 3.8) is 0 Å². The summed E-state index contributed by atoms with van der Waals surface area (Å²) in [7, 11) is 2.04. The normalized spacial score (nSPS) is 48.0. The Bertz CT molecular complexity index is 1170. The van der Waals surface area contributed by atoms with Crippen molar-refractivity contribution in [3.8, 4) is 0 Å². The number of fused-ring (bicyclic) bond motifs is 3. The maximum atomic E-state index is 13.4. The Labute approximate surface area is 272 Å². The number of nitrogens with one attached hydrogen (secondary N) is 2. The van der Waals surface area contributed by atoms with Crippen LogP contribution in [0.1, 0.15) is 99.8 Å². The van der Waals surface area contributed by atoms with E-state index in [4.69, 9.17) is 20.1 Å². The molecule has 0 spiro atoms. The van der Waals surface area contributed by atoms with Crippen molar-refractivity contribution < 1.29 is 24.1 Å². The molecule has 0 aromatic heterocycles. The number of carboxylic acids is 1. The van der Waals surface area contributed by atoms with E-state index in [1.54, 1.807) is 5.57 Å². The topological polar surface area (TPSA) is 115 Å². The summed E-state index contributed by atoms with van der Waals surface area (Å²) in [6.45, 7) is 19.8.